The second-order valence-electron chi connectivity index (χ2n) is 12.3. The van der Waals surface area contributed by atoms with E-state index in [1.807, 2.05) is 0 Å². The first-order valence-corrected chi connectivity index (χ1v) is 14.7. The van der Waals surface area contributed by atoms with Crippen LogP contribution < -0.4 is 0 Å². The topological polar surface area (TPSA) is 73.7 Å². The third-order valence-corrected chi connectivity index (χ3v) is 9.53. The predicted octanol–water partition coefficient (Wildman–Crippen LogP) is 11.0. The van der Waals surface area contributed by atoms with E-state index in [1.165, 1.54) is 32.7 Å². The number of H-pyrrole nitrogens is 3. The third-order valence-electron chi connectivity index (χ3n) is 9.53. The number of furan rings is 2. The van der Waals surface area contributed by atoms with Crippen molar-refractivity contribution in [1.82, 2.24) is 15.0 Å². The SMILES string of the molecule is Cc1ccc2c(c1)[nH]c1cc3c(cc12)oc1cc2c(cc13)[nH]c1cc3c(cc12)oc1cc2c(cc13)[nH]c1cc(C)ccc12. The monoisotopic (exact) mass is 553 g/mol. The molecule has 0 fully saturated rings. The van der Waals surface area contributed by atoms with E-state index in [-0.39, 0.29) is 0 Å². The Kier molecular flexibility index (Phi) is 3.68. The van der Waals surface area contributed by atoms with Gasteiger partial charge in [0.25, 0.3) is 0 Å². The Morgan fingerprint density at radius 2 is 0.628 bits per heavy atom. The summed E-state index contributed by atoms with van der Waals surface area (Å²) in [6.45, 7) is 4.25. The second-order valence-corrected chi connectivity index (χ2v) is 12.3. The van der Waals surface area contributed by atoms with Gasteiger partial charge in [0.1, 0.15) is 22.3 Å². The zero-order valence-corrected chi connectivity index (χ0v) is 23.4. The first-order valence-electron chi connectivity index (χ1n) is 14.7. The van der Waals surface area contributed by atoms with Crippen molar-refractivity contribution in [3.8, 4) is 0 Å². The van der Waals surface area contributed by atoms with Crippen LogP contribution >= 0.6 is 0 Å². The summed E-state index contributed by atoms with van der Waals surface area (Å²) in [5.74, 6) is 0. The highest BCUT2D eigenvalue weighted by Crippen LogP contribution is 2.41. The Morgan fingerprint density at radius 1 is 0.326 bits per heavy atom. The van der Waals surface area contributed by atoms with Crippen molar-refractivity contribution in [3.63, 3.8) is 0 Å². The normalized spacial score (nSPS) is 12.9. The van der Waals surface area contributed by atoms with E-state index in [1.54, 1.807) is 0 Å². The molecule has 0 amide bonds. The van der Waals surface area contributed by atoms with Crippen LogP contribution in [0.1, 0.15) is 11.1 Å². The van der Waals surface area contributed by atoms with Crippen LogP contribution in [0.2, 0.25) is 0 Å². The van der Waals surface area contributed by atoms with Gasteiger partial charge in [-0.1, -0.05) is 24.3 Å². The molecule has 11 rings (SSSR count). The predicted molar refractivity (Wildman–Crippen MR) is 179 cm³/mol. The van der Waals surface area contributed by atoms with Crippen LogP contribution in [0.25, 0.3) is 109 Å². The maximum Gasteiger partial charge on any atom is 0.136 e. The molecule has 6 aromatic carbocycles. The fourth-order valence-electron chi connectivity index (χ4n) is 7.47. The average Bonchev–Trinajstić information content (AvgIpc) is 3.78. The first-order chi connectivity index (χ1) is 21.0. The Hall–Kier alpha value is -5.68. The number of hydrogen-bond acceptors (Lipinski definition) is 2. The summed E-state index contributed by atoms with van der Waals surface area (Å²) >= 11 is 0. The number of fused-ring (bicyclic) bond motifs is 15. The maximum absolute atomic E-state index is 6.49. The molecule has 0 aliphatic carbocycles. The van der Waals surface area contributed by atoms with E-state index < -0.39 is 0 Å². The molecular formula is C38H23N3O2. The summed E-state index contributed by atoms with van der Waals surface area (Å²) in [7, 11) is 0. The number of aromatic nitrogens is 3. The lowest BCUT2D eigenvalue weighted by atomic mass is 10.1. The van der Waals surface area contributed by atoms with Gasteiger partial charge in [-0.15, -0.1) is 0 Å². The van der Waals surface area contributed by atoms with Gasteiger partial charge in [-0.2, -0.15) is 0 Å². The van der Waals surface area contributed by atoms with Crippen LogP contribution in [-0.2, 0) is 0 Å². The van der Waals surface area contributed by atoms with Crippen LogP contribution in [0.3, 0.4) is 0 Å². The standard InChI is InChI=1S/C38H23N3O2/c1-17-3-5-19-21-13-35-25(9-31(21)39-29(19)7-17)27-11-33-23(15-37(27)42-35)24-16-38-28(12-34(24)41-33)26-10-32-22(14-36(26)43-38)20-6-4-18(2)8-30(20)40-32/h3-16,39-41H,1-2H3. The Balaban J connectivity index is 1.14. The highest BCUT2D eigenvalue weighted by molar-refractivity contribution is 6.23. The van der Waals surface area contributed by atoms with Crippen molar-refractivity contribution in [2.24, 2.45) is 0 Å². The highest BCUT2D eigenvalue weighted by atomic mass is 16.3. The molecule has 0 bridgehead atoms. The largest absolute Gasteiger partial charge is 0.456 e. The summed E-state index contributed by atoms with van der Waals surface area (Å²) in [5.41, 5.74) is 12.8. The van der Waals surface area contributed by atoms with Crippen molar-refractivity contribution in [2.75, 3.05) is 0 Å². The lowest BCUT2D eigenvalue weighted by molar-refractivity contribution is 0.669. The van der Waals surface area contributed by atoms with Gasteiger partial charge in [0.2, 0.25) is 0 Å². The molecule has 43 heavy (non-hydrogen) atoms. The van der Waals surface area contributed by atoms with E-state index in [0.717, 1.165) is 87.7 Å². The van der Waals surface area contributed by atoms with E-state index in [4.69, 9.17) is 8.83 Å². The minimum atomic E-state index is 0.886. The number of aromatic amines is 3. The van der Waals surface area contributed by atoms with Gasteiger partial charge < -0.3 is 23.8 Å². The molecular weight excluding hydrogens is 530 g/mol. The fraction of sp³-hybridized carbons (Fsp3) is 0.0526. The van der Waals surface area contributed by atoms with Gasteiger partial charge in [0, 0.05) is 87.0 Å². The van der Waals surface area contributed by atoms with Gasteiger partial charge in [-0.05, 0) is 85.6 Å². The Morgan fingerprint density at radius 3 is 0.977 bits per heavy atom. The lowest BCUT2D eigenvalue weighted by Gasteiger charge is -1.94. The summed E-state index contributed by atoms with van der Waals surface area (Å²) in [6, 6.07) is 30.7. The Bertz CT molecular complexity index is 2820. The maximum atomic E-state index is 6.49. The van der Waals surface area contributed by atoms with Crippen molar-refractivity contribution in [3.05, 3.63) is 96.1 Å². The van der Waals surface area contributed by atoms with Crippen LogP contribution in [0.15, 0.2) is 93.8 Å². The number of nitrogens with one attached hydrogen (secondary N) is 3. The van der Waals surface area contributed by atoms with E-state index in [9.17, 15) is 0 Å². The average molecular weight is 554 g/mol. The molecule has 11 aromatic rings. The zero-order valence-electron chi connectivity index (χ0n) is 23.4. The van der Waals surface area contributed by atoms with Crippen LogP contribution in [0.5, 0.6) is 0 Å². The second kappa shape index (κ2) is 7.20. The van der Waals surface area contributed by atoms with Gasteiger partial charge in [0.15, 0.2) is 0 Å². The Labute approximate surface area is 242 Å². The van der Waals surface area contributed by atoms with E-state index in [0.29, 0.717) is 0 Å². The van der Waals surface area contributed by atoms with Crippen LogP contribution in [0.4, 0.5) is 0 Å². The molecule has 0 radical (unpaired) electrons. The van der Waals surface area contributed by atoms with Gasteiger partial charge >= 0.3 is 0 Å². The van der Waals surface area contributed by atoms with Gasteiger partial charge in [-0.3, -0.25) is 0 Å². The minimum absolute atomic E-state index is 0.886. The molecule has 0 atom stereocenters. The fourth-order valence-corrected chi connectivity index (χ4v) is 7.47. The number of benzene rings is 6. The van der Waals surface area contributed by atoms with E-state index in [2.05, 4.69) is 114 Å². The molecule has 5 aromatic heterocycles. The molecule has 202 valence electrons. The lowest BCUT2D eigenvalue weighted by Crippen LogP contribution is -1.71. The number of aryl methyl sites for hydroxylation is 2. The molecule has 0 aliphatic heterocycles. The summed E-state index contributed by atoms with van der Waals surface area (Å²) in [6.07, 6.45) is 0. The van der Waals surface area contributed by atoms with Crippen molar-refractivity contribution < 1.29 is 8.83 Å². The number of hydrogen-bond donors (Lipinski definition) is 3. The van der Waals surface area contributed by atoms with Crippen molar-refractivity contribution in [2.45, 2.75) is 13.8 Å². The smallest absolute Gasteiger partial charge is 0.136 e. The highest BCUT2D eigenvalue weighted by Gasteiger charge is 2.17. The van der Waals surface area contributed by atoms with E-state index >= 15 is 0 Å². The van der Waals surface area contributed by atoms with Crippen LogP contribution in [-0.4, -0.2) is 15.0 Å². The van der Waals surface area contributed by atoms with Crippen LogP contribution in [0, 0.1) is 13.8 Å². The molecule has 5 heteroatoms. The molecule has 3 N–H and O–H groups in total. The molecule has 5 heterocycles. The first kappa shape index (κ1) is 22.0. The summed E-state index contributed by atoms with van der Waals surface area (Å²) < 4.78 is 13.0. The zero-order chi connectivity index (χ0) is 28.1. The van der Waals surface area contributed by atoms with Crippen molar-refractivity contribution in [1.29, 1.82) is 0 Å². The molecule has 0 saturated carbocycles. The third kappa shape index (κ3) is 2.77. The summed E-state index contributed by atoms with van der Waals surface area (Å²) in [4.78, 5) is 10.9. The molecule has 0 aliphatic rings. The van der Waals surface area contributed by atoms with Gasteiger partial charge in [-0.25, -0.2) is 0 Å². The number of rotatable bonds is 0. The van der Waals surface area contributed by atoms with Gasteiger partial charge in [0.05, 0.1) is 0 Å². The van der Waals surface area contributed by atoms with Crippen molar-refractivity contribution >= 4 is 109 Å². The molecule has 5 nitrogen and oxygen atoms in total. The molecule has 0 unspecified atom stereocenters. The quantitative estimate of drug-likeness (QED) is 0.175. The molecule has 0 spiro atoms. The summed E-state index contributed by atoms with van der Waals surface area (Å²) in [5, 5.41) is 11.5. The molecule has 0 saturated heterocycles. The minimum Gasteiger partial charge on any atom is -0.456 e.